The molecule has 1 aromatic rings. The van der Waals surface area contributed by atoms with Gasteiger partial charge < -0.3 is 5.32 Å². The van der Waals surface area contributed by atoms with Crippen molar-refractivity contribution in [3.8, 4) is 0 Å². The van der Waals surface area contributed by atoms with Crippen LogP contribution in [0.3, 0.4) is 0 Å². The number of nitrogens with one attached hydrogen (secondary N) is 1. The van der Waals surface area contributed by atoms with Crippen molar-refractivity contribution in [2.45, 2.75) is 26.2 Å². The Balaban J connectivity index is 2.14. The molecule has 2 rings (SSSR count). The molecule has 0 spiro atoms. The van der Waals surface area contributed by atoms with Crippen LogP contribution in [0.1, 0.15) is 36.5 Å². The number of nitrogens with zero attached hydrogens (tertiary/aromatic N) is 1. The van der Waals surface area contributed by atoms with Crippen LogP contribution in [0, 0.1) is 33.6 Å². The Morgan fingerprint density at radius 3 is 2.62 bits per heavy atom. The second-order valence-corrected chi connectivity index (χ2v) is 5.42. The monoisotopic (exact) mass is 298 g/mol. The van der Waals surface area contributed by atoms with Crippen LogP contribution in [0.2, 0.25) is 0 Å². The Morgan fingerprint density at radius 1 is 1.38 bits per heavy atom. The Bertz CT molecular complexity index is 578. The molecule has 2 atom stereocenters. The van der Waals surface area contributed by atoms with Crippen LogP contribution in [0.25, 0.3) is 0 Å². The normalized spacial score (nSPS) is 21.3. The van der Waals surface area contributed by atoms with Crippen molar-refractivity contribution < 1.29 is 18.5 Å². The molecule has 7 heteroatoms. The van der Waals surface area contributed by atoms with Crippen molar-refractivity contribution in [2.75, 3.05) is 6.54 Å². The van der Waals surface area contributed by atoms with Crippen molar-refractivity contribution in [1.29, 1.82) is 0 Å². The molecule has 0 saturated heterocycles. The summed E-state index contributed by atoms with van der Waals surface area (Å²) in [5, 5.41) is 13.4. The highest BCUT2D eigenvalue weighted by atomic mass is 19.2. The molecule has 1 fully saturated rings. The Labute approximate surface area is 120 Å². The van der Waals surface area contributed by atoms with Gasteiger partial charge in [0.05, 0.1) is 11.0 Å². The maximum atomic E-state index is 13.2. The average molecular weight is 298 g/mol. The summed E-state index contributed by atoms with van der Waals surface area (Å²) in [6.07, 6.45) is 3.17. The third-order valence-electron chi connectivity index (χ3n) is 4.04. The fourth-order valence-electron chi connectivity index (χ4n) is 2.71. The van der Waals surface area contributed by atoms with E-state index >= 15 is 0 Å². The topological polar surface area (TPSA) is 72.2 Å². The van der Waals surface area contributed by atoms with Crippen LogP contribution in [-0.4, -0.2) is 17.4 Å². The number of carbonyl (C=O) groups is 1. The number of hydrogen-bond donors (Lipinski definition) is 1. The number of benzene rings is 1. The molecule has 0 aliphatic heterocycles. The van der Waals surface area contributed by atoms with E-state index in [1.807, 2.05) is 0 Å². The average Bonchev–Trinajstić information content (AvgIpc) is 2.84. The highest BCUT2D eigenvalue weighted by Gasteiger charge is 2.27. The highest BCUT2D eigenvalue weighted by Crippen LogP contribution is 2.30. The van der Waals surface area contributed by atoms with Crippen LogP contribution in [0.5, 0.6) is 0 Å². The van der Waals surface area contributed by atoms with Gasteiger partial charge in [-0.2, -0.15) is 0 Å². The number of nitro benzene ring substituents is 1. The van der Waals surface area contributed by atoms with Gasteiger partial charge in [0.25, 0.3) is 11.6 Å². The molecule has 114 valence electrons. The molecule has 1 aliphatic carbocycles. The van der Waals surface area contributed by atoms with Crippen molar-refractivity contribution in [1.82, 2.24) is 5.32 Å². The van der Waals surface area contributed by atoms with Gasteiger partial charge in [-0.25, -0.2) is 8.78 Å². The molecule has 1 saturated carbocycles. The van der Waals surface area contributed by atoms with Crippen LogP contribution < -0.4 is 5.32 Å². The second-order valence-electron chi connectivity index (χ2n) is 5.42. The summed E-state index contributed by atoms with van der Waals surface area (Å²) in [5.74, 6) is -2.58. The predicted molar refractivity (Wildman–Crippen MR) is 71.9 cm³/mol. The molecule has 1 aromatic carbocycles. The fourth-order valence-corrected chi connectivity index (χ4v) is 2.71. The van der Waals surface area contributed by atoms with Crippen LogP contribution in [0.15, 0.2) is 12.1 Å². The van der Waals surface area contributed by atoms with Gasteiger partial charge in [-0.1, -0.05) is 19.8 Å². The minimum absolute atomic E-state index is 0.318. The first-order valence-electron chi connectivity index (χ1n) is 6.81. The smallest absolute Gasteiger partial charge is 0.285 e. The van der Waals surface area contributed by atoms with Gasteiger partial charge >= 0.3 is 0 Å². The molecule has 21 heavy (non-hydrogen) atoms. The fraction of sp³-hybridized carbons (Fsp3) is 0.500. The first-order valence-corrected chi connectivity index (χ1v) is 6.81. The molecule has 5 nitrogen and oxygen atoms in total. The number of hydrogen-bond acceptors (Lipinski definition) is 3. The second kappa shape index (κ2) is 6.15. The van der Waals surface area contributed by atoms with E-state index in [1.54, 1.807) is 0 Å². The van der Waals surface area contributed by atoms with Gasteiger partial charge in [-0.15, -0.1) is 0 Å². The molecule has 0 bridgehead atoms. The van der Waals surface area contributed by atoms with E-state index in [2.05, 4.69) is 12.2 Å². The number of nitro groups is 1. The third kappa shape index (κ3) is 3.34. The van der Waals surface area contributed by atoms with Gasteiger partial charge in [0.15, 0.2) is 11.6 Å². The minimum Gasteiger partial charge on any atom is -0.352 e. The maximum absolute atomic E-state index is 13.2. The van der Waals surface area contributed by atoms with Crippen molar-refractivity contribution in [2.24, 2.45) is 11.8 Å². The lowest BCUT2D eigenvalue weighted by Crippen LogP contribution is -2.30. The summed E-state index contributed by atoms with van der Waals surface area (Å²) in [7, 11) is 0. The standard InChI is InChI=1S/C14H16F2N2O3/c1-8-3-2-4-9(8)7-17-14(19)10-5-11(15)12(16)6-13(10)18(20)21/h5-6,8-9H,2-4,7H2,1H3,(H,17,19). The number of amides is 1. The molecular weight excluding hydrogens is 282 g/mol. The number of halogens is 2. The van der Waals surface area contributed by atoms with Crippen LogP contribution in [0.4, 0.5) is 14.5 Å². The van der Waals surface area contributed by atoms with Gasteiger partial charge in [0.2, 0.25) is 0 Å². The van der Waals surface area contributed by atoms with Gasteiger partial charge in [0, 0.05) is 6.54 Å². The maximum Gasteiger partial charge on any atom is 0.285 e. The van der Waals surface area contributed by atoms with E-state index in [1.165, 1.54) is 0 Å². The zero-order valence-corrected chi connectivity index (χ0v) is 11.6. The summed E-state index contributed by atoms with van der Waals surface area (Å²) in [5.41, 5.74) is -1.18. The van der Waals surface area contributed by atoms with Gasteiger partial charge in [-0.3, -0.25) is 14.9 Å². The van der Waals surface area contributed by atoms with Gasteiger partial charge in [0.1, 0.15) is 5.56 Å². The van der Waals surface area contributed by atoms with Crippen LogP contribution in [-0.2, 0) is 0 Å². The third-order valence-corrected chi connectivity index (χ3v) is 4.04. The van der Waals surface area contributed by atoms with Crippen LogP contribution >= 0.6 is 0 Å². The quantitative estimate of drug-likeness (QED) is 0.686. The molecule has 0 radical (unpaired) electrons. The zero-order valence-electron chi connectivity index (χ0n) is 11.6. The summed E-state index contributed by atoms with van der Waals surface area (Å²) in [4.78, 5) is 21.9. The summed E-state index contributed by atoms with van der Waals surface area (Å²) in [6.45, 7) is 2.47. The molecule has 1 N–H and O–H groups in total. The van der Waals surface area contributed by atoms with E-state index in [4.69, 9.17) is 0 Å². The number of rotatable bonds is 4. The van der Waals surface area contributed by atoms with E-state index in [0.29, 0.717) is 30.5 Å². The molecular formula is C14H16F2N2O3. The molecule has 1 amide bonds. The molecule has 0 aromatic heterocycles. The van der Waals surface area contributed by atoms with E-state index < -0.39 is 33.7 Å². The minimum atomic E-state index is -1.34. The Kier molecular flexibility index (Phi) is 4.50. The van der Waals surface area contributed by atoms with Crippen molar-refractivity contribution >= 4 is 11.6 Å². The lowest BCUT2D eigenvalue weighted by molar-refractivity contribution is -0.385. The first-order chi connectivity index (χ1) is 9.90. The van der Waals surface area contributed by atoms with Crippen molar-refractivity contribution in [3.05, 3.63) is 39.4 Å². The summed E-state index contributed by atoms with van der Waals surface area (Å²) >= 11 is 0. The lowest BCUT2D eigenvalue weighted by Gasteiger charge is -2.15. The van der Waals surface area contributed by atoms with E-state index in [0.717, 1.165) is 19.3 Å². The molecule has 2 unspecified atom stereocenters. The van der Waals surface area contributed by atoms with E-state index in [9.17, 15) is 23.7 Å². The van der Waals surface area contributed by atoms with E-state index in [-0.39, 0.29) is 0 Å². The summed E-state index contributed by atoms with van der Waals surface area (Å²) < 4.78 is 26.3. The SMILES string of the molecule is CC1CCCC1CNC(=O)c1cc(F)c(F)cc1[N+](=O)[O-]. The lowest BCUT2D eigenvalue weighted by atomic mass is 9.98. The molecule has 1 aliphatic rings. The number of carbonyl (C=O) groups excluding carboxylic acids is 1. The first kappa shape index (κ1) is 15.3. The summed E-state index contributed by atoms with van der Waals surface area (Å²) in [6, 6.07) is 1.00. The molecule has 0 heterocycles. The highest BCUT2D eigenvalue weighted by molar-refractivity contribution is 5.98. The van der Waals surface area contributed by atoms with Crippen molar-refractivity contribution in [3.63, 3.8) is 0 Å². The largest absolute Gasteiger partial charge is 0.352 e. The zero-order chi connectivity index (χ0) is 15.6. The Morgan fingerprint density at radius 2 is 2.05 bits per heavy atom. The van der Waals surface area contributed by atoms with Gasteiger partial charge in [-0.05, 0) is 24.3 Å². The Hall–Kier alpha value is -2.05. The predicted octanol–water partition coefficient (Wildman–Crippen LogP) is 3.04.